The van der Waals surface area contributed by atoms with Crippen LogP contribution < -0.4 is 10.1 Å². The summed E-state index contributed by atoms with van der Waals surface area (Å²) in [6, 6.07) is 21.1. The number of esters is 1. The molecule has 4 rings (SSSR count). The molecular weight excluding hydrogens is 574 g/mol. The minimum absolute atomic E-state index is 0.00639. The highest BCUT2D eigenvalue weighted by molar-refractivity contribution is 5.90. The lowest BCUT2D eigenvalue weighted by molar-refractivity contribution is -0.384. The Balaban J connectivity index is 1.44. The van der Waals surface area contributed by atoms with Crippen LogP contribution in [0.25, 0.3) is 0 Å². The van der Waals surface area contributed by atoms with Crippen molar-refractivity contribution < 1.29 is 43.0 Å². The molecule has 230 valence electrons. The Hall–Kier alpha value is -5.46. The summed E-state index contributed by atoms with van der Waals surface area (Å²) >= 11 is 0. The molecule has 0 saturated carbocycles. The van der Waals surface area contributed by atoms with Crippen molar-refractivity contribution in [1.82, 2.24) is 10.2 Å². The first-order valence-electron chi connectivity index (χ1n) is 13.8. The molecule has 2 amide bonds. The lowest BCUT2D eigenvalue weighted by Gasteiger charge is -2.27. The van der Waals surface area contributed by atoms with Gasteiger partial charge < -0.3 is 29.2 Å². The van der Waals surface area contributed by atoms with Gasteiger partial charge >= 0.3 is 18.2 Å². The summed E-state index contributed by atoms with van der Waals surface area (Å²) in [5, 5.41) is 13.5. The van der Waals surface area contributed by atoms with Gasteiger partial charge in [-0.2, -0.15) is 0 Å². The number of amides is 2. The Morgan fingerprint density at radius 3 is 2.20 bits per heavy atom. The Morgan fingerprint density at radius 1 is 0.955 bits per heavy atom. The van der Waals surface area contributed by atoms with Crippen LogP contribution in [0.5, 0.6) is 5.75 Å². The largest absolute Gasteiger partial charge is 0.514 e. The number of benzene rings is 3. The molecule has 1 N–H and O–H groups in total. The van der Waals surface area contributed by atoms with E-state index in [-0.39, 0.29) is 37.4 Å². The smallest absolute Gasteiger partial charge is 0.467 e. The van der Waals surface area contributed by atoms with E-state index < -0.39 is 47.2 Å². The van der Waals surface area contributed by atoms with Crippen LogP contribution in [-0.4, -0.2) is 65.8 Å². The van der Waals surface area contributed by atoms with Gasteiger partial charge in [0.05, 0.1) is 18.6 Å². The van der Waals surface area contributed by atoms with Crippen molar-refractivity contribution in [3.05, 3.63) is 106 Å². The van der Waals surface area contributed by atoms with E-state index in [1.165, 1.54) is 36.3 Å². The van der Waals surface area contributed by atoms with Crippen LogP contribution in [-0.2, 0) is 36.8 Å². The molecule has 13 nitrogen and oxygen atoms in total. The fraction of sp³-hybridized carbons (Fsp3) is 0.290. The molecule has 13 heteroatoms. The second-order valence-corrected chi connectivity index (χ2v) is 9.89. The molecular formula is C31H31N3O10. The second kappa shape index (κ2) is 15.1. The van der Waals surface area contributed by atoms with E-state index in [9.17, 15) is 29.3 Å². The van der Waals surface area contributed by atoms with Gasteiger partial charge in [0.1, 0.15) is 30.5 Å². The van der Waals surface area contributed by atoms with Crippen molar-refractivity contribution in [2.75, 3.05) is 13.7 Å². The number of hydrogen-bond acceptors (Lipinski definition) is 10. The fourth-order valence-electron chi connectivity index (χ4n) is 4.70. The van der Waals surface area contributed by atoms with Crippen LogP contribution in [0, 0.1) is 10.1 Å². The van der Waals surface area contributed by atoms with Gasteiger partial charge in [0.2, 0.25) is 5.91 Å². The molecule has 3 atom stereocenters. The van der Waals surface area contributed by atoms with Gasteiger partial charge in [-0.05, 0) is 36.1 Å². The van der Waals surface area contributed by atoms with Crippen LogP contribution in [0.3, 0.4) is 0 Å². The van der Waals surface area contributed by atoms with Gasteiger partial charge in [-0.1, -0.05) is 60.7 Å². The number of nitrogens with one attached hydrogen (secondary N) is 1. The third-order valence-corrected chi connectivity index (χ3v) is 6.90. The summed E-state index contributed by atoms with van der Waals surface area (Å²) < 4.78 is 20.7. The molecule has 1 aliphatic heterocycles. The molecule has 0 unspecified atom stereocenters. The van der Waals surface area contributed by atoms with Crippen molar-refractivity contribution in [3.63, 3.8) is 0 Å². The quantitative estimate of drug-likeness (QED) is 0.110. The maximum Gasteiger partial charge on any atom is 0.514 e. The van der Waals surface area contributed by atoms with Crippen molar-refractivity contribution in [2.45, 2.75) is 44.1 Å². The highest BCUT2D eigenvalue weighted by Crippen LogP contribution is 2.25. The van der Waals surface area contributed by atoms with Gasteiger partial charge in [-0.25, -0.2) is 14.4 Å². The molecule has 0 aromatic heterocycles. The predicted octanol–water partition coefficient (Wildman–Crippen LogP) is 4.18. The van der Waals surface area contributed by atoms with Gasteiger partial charge in [-0.15, -0.1) is 0 Å². The van der Waals surface area contributed by atoms with Crippen molar-refractivity contribution in [1.29, 1.82) is 0 Å². The monoisotopic (exact) mass is 605 g/mol. The van der Waals surface area contributed by atoms with E-state index in [2.05, 4.69) is 5.32 Å². The van der Waals surface area contributed by atoms with Crippen LogP contribution in [0.15, 0.2) is 84.9 Å². The molecule has 1 fully saturated rings. The zero-order valence-electron chi connectivity index (χ0n) is 23.8. The number of non-ortho nitro benzene ring substituents is 1. The van der Waals surface area contributed by atoms with Crippen LogP contribution in [0.1, 0.15) is 24.0 Å². The zero-order chi connectivity index (χ0) is 31.5. The van der Waals surface area contributed by atoms with E-state index in [1.54, 1.807) is 12.1 Å². The second-order valence-electron chi connectivity index (χ2n) is 9.89. The number of methoxy groups -OCH3 is 1. The maximum absolute atomic E-state index is 13.8. The van der Waals surface area contributed by atoms with E-state index in [1.807, 2.05) is 48.5 Å². The van der Waals surface area contributed by atoms with E-state index in [4.69, 9.17) is 18.9 Å². The van der Waals surface area contributed by atoms with Crippen molar-refractivity contribution in [3.8, 4) is 5.75 Å². The van der Waals surface area contributed by atoms with Gasteiger partial charge in [0.25, 0.3) is 5.69 Å². The van der Waals surface area contributed by atoms with Crippen molar-refractivity contribution >= 4 is 29.8 Å². The molecule has 3 aromatic rings. The number of alkyl carbamates (subject to hydrolysis) is 1. The van der Waals surface area contributed by atoms with Crippen molar-refractivity contribution in [2.24, 2.45) is 0 Å². The SMILES string of the molecule is COC(=O)[C@@H]1C[C@@H](OC(=O)Oc2ccc([N+](=O)[O-])cc2)CN1C(=O)[C@@H](CCc1ccccc1)NC(=O)OCc1ccccc1. The predicted molar refractivity (Wildman–Crippen MR) is 154 cm³/mol. The zero-order valence-corrected chi connectivity index (χ0v) is 23.8. The average molecular weight is 606 g/mol. The summed E-state index contributed by atoms with van der Waals surface area (Å²) in [6.07, 6.45) is -2.31. The Labute approximate surface area is 252 Å². The fourth-order valence-corrected chi connectivity index (χ4v) is 4.70. The van der Waals surface area contributed by atoms with Crippen LogP contribution in [0.2, 0.25) is 0 Å². The normalized spacial score (nSPS) is 16.3. The number of carbonyl (C=O) groups excluding carboxylic acids is 4. The topological polar surface area (TPSA) is 164 Å². The molecule has 0 bridgehead atoms. The minimum Gasteiger partial charge on any atom is -0.467 e. The first kappa shape index (κ1) is 31.5. The molecule has 44 heavy (non-hydrogen) atoms. The summed E-state index contributed by atoms with van der Waals surface area (Å²) in [7, 11) is 1.17. The highest BCUT2D eigenvalue weighted by atomic mass is 16.7. The number of likely N-dealkylation sites (tertiary alicyclic amines) is 1. The van der Waals surface area contributed by atoms with Gasteiger partial charge in [0.15, 0.2) is 0 Å². The number of ether oxygens (including phenoxy) is 4. The summed E-state index contributed by atoms with van der Waals surface area (Å²) in [5.41, 5.74) is 1.52. The number of hydrogen-bond donors (Lipinski definition) is 1. The van der Waals surface area contributed by atoms with E-state index in [0.29, 0.717) is 6.42 Å². The van der Waals surface area contributed by atoms with E-state index in [0.717, 1.165) is 11.1 Å². The lowest BCUT2D eigenvalue weighted by Crippen LogP contribution is -2.52. The first-order valence-corrected chi connectivity index (χ1v) is 13.8. The minimum atomic E-state index is -1.12. The Morgan fingerprint density at radius 2 is 1.59 bits per heavy atom. The molecule has 1 saturated heterocycles. The number of nitro groups is 1. The van der Waals surface area contributed by atoms with Crippen LogP contribution in [0.4, 0.5) is 15.3 Å². The molecule has 1 heterocycles. The lowest BCUT2D eigenvalue weighted by atomic mass is 10.0. The van der Waals surface area contributed by atoms with E-state index >= 15 is 0 Å². The van der Waals surface area contributed by atoms with Crippen LogP contribution >= 0.6 is 0 Å². The van der Waals surface area contributed by atoms with Gasteiger partial charge in [-0.3, -0.25) is 14.9 Å². The standard InChI is InChI=1S/C31H31N3O10/c1-41-29(36)27-18-25(44-31(38)43-24-15-13-23(14-16-24)34(39)40)19-33(27)28(35)26(17-12-21-8-4-2-5-9-21)32-30(37)42-20-22-10-6-3-7-11-22/h2-11,13-16,25-27H,12,17-20H2,1H3,(H,32,37)/t25-,26-,27+/m1/s1. The molecule has 0 spiro atoms. The molecule has 3 aromatic carbocycles. The first-order chi connectivity index (χ1) is 21.2. The van der Waals surface area contributed by atoms with Gasteiger partial charge in [0, 0.05) is 18.6 Å². The third kappa shape index (κ3) is 8.77. The number of nitro benzene ring substituents is 1. The summed E-state index contributed by atoms with van der Waals surface area (Å²) in [6.45, 7) is -0.176. The highest BCUT2D eigenvalue weighted by Gasteiger charge is 2.44. The molecule has 1 aliphatic rings. The molecule has 0 aliphatic carbocycles. The Bertz CT molecular complexity index is 1450. The number of carbonyl (C=O) groups is 4. The summed E-state index contributed by atoms with van der Waals surface area (Å²) in [4.78, 5) is 63.2. The third-order valence-electron chi connectivity index (χ3n) is 6.90. The molecule has 0 radical (unpaired) electrons. The number of aryl methyl sites for hydroxylation is 1. The maximum atomic E-state index is 13.8. The Kier molecular flexibility index (Phi) is 10.8. The average Bonchev–Trinajstić information content (AvgIpc) is 3.46. The number of nitrogens with zero attached hydrogens (tertiary/aromatic N) is 2. The summed E-state index contributed by atoms with van der Waals surface area (Å²) in [5.74, 6) is -1.29. The number of rotatable bonds is 11.